The standard InChI is InChI=1S/C21H20ClN3O4S/c22-17-6-4-15(5-7-17)19(26)23-10-8-21(9-11-23)24(12-13-30-21)20(27)16-2-1-3-18(14-16)25(28)29/h1-7,14H,8-13H2. The third-order valence-corrected chi connectivity index (χ3v) is 7.45. The van der Waals surface area contributed by atoms with E-state index in [2.05, 4.69) is 0 Å². The van der Waals surface area contributed by atoms with Crippen molar-refractivity contribution in [1.82, 2.24) is 9.80 Å². The highest BCUT2D eigenvalue weighted by atomic mass is 35.5. The van der Waals surface area contributed by atoms with E-state index in [9.17, 15) is 19.7 Å². The first-order valence-corrected chi connectivity index (χ1v) is 11.0. The number of likely N-dealkylation sites (tertiary alicyclic amines) is 1. The Hall–Kier alpha value is -2.58. The van der Waals surface area contributed by atoms with E-state index in [-0.39, 0.29) is 22.4 Å². The SMILES string of the molecule is O=C(c1ccc(Cl)cc1)N1CCC2(CC1)SCCN2C(=O)c1cccc([N+](=O)[O-])c1. The molecule has 2 saturated heterocycles. The van der Waals surface area contributed by atoms with Gasteiger partial charge in [-0.1, -0.05) is 17.7 Å². The molecule has 0 radical (unpaired) electrons. The molecule has 9 heteroatoms. The minimum absolute atomic E-state index is 0.0407. The smallest absolute Gasteiger partial charge is 0.270 e. The quantitative estimate of drug-likeness (QED) is 0.525. The van der Waals surface area contributed by atoms with Gasteiger partial charge in [0.15, 0.2) is 0 Å². The number of piperidine rings is 1. The maximum Gasteiger partial charge on any atom is 0.270 e. The Morgan fingerprint density at radius 3 is 2.37 bits per heavy atom. The number of nitrogens with zero attached hydrogens (tertiary/aromatic N) is 3. The number of amides is 2. The zero-order chi connectivity index (χ0) is 21.3. The fraction of sp³-hybridized carbons (Fsp3) is 0.333. The molecule has 30 heavy (non-hydrogen) atoms. The Morgan fingerprint density at radius 1 is 1.00 bits per heavy atom. The largest absolute Gasteiger partial charge is 0.338 e. The molecular formula is C21H20ClN3O4S. The van der Waals surface area contributed by atoms with Crippen molar-refractivity contribution in [2.45, 2.75) is 17.7 Å². The van der Waals surface area contributed by atoms with Crippen molar-refractivity contribution >= 4 is 40.9 Å². The molecule has 0 bridgehead atoms. The molecule has 2 aliphatic rings. The van der Waals surface area contributed by atoms with Gasteiger partial charge in [-0.15, -0.1) is 11.8 Å². The molecule has 0 unspecified atom stereocenters. The molecule has 0 atom stereocenters. The first-order valence-electron chi connectivity index (χ1n) is 9.65. The summed E-state index contributed by atoms with van der Waals surface area (Å²) in [6, 6.07) is 12.7. The van der Waals surface area contributed by atoms with Crippen LogP contribution in [0.25, 0.3) is 0 Å². The molecule has 2 fully saturated rings. The predicted molar refractivity (Wildman–Crippen MR) is 116 cm³/mol. The van der Waals surface area contributed by atoms with Gasteiger partial charge >= 0.3 is 0 Å². The normalized spacial score (nSPS) is 17.9. The molecule has 0 saturated carbocycles. The van der Waals surface area contributed by atoms with Gasteiger partial charge in [0.25, 0.3) is 17.5 Å². The topological polar surface area (TPSA) is 83.8 Å². The van der Waals surface area contributed by atoms with Crippen LogP contribution in [-0.4, -0.2) is 56.8 Å². The highest BCUT2D eigenvalue weighted by Crippen LogP contribution is 2.44. The van der Waals surface area contributed by atoms with Crippen LogP contribution in [0.4, 0.5) is 5.69 Å². The summed E-state index contributed by atoms with van der Waals surface area (Å²) in [5.74, 6) is 0.577. The summed E-state index contributed by atoms with van der Waals surface area (Å²) >= 11 is 7.64. The maximum atomic E-state index is 13.2. The van der Waals surface area contributed by atoms with Crippen LogP contribution in [0.3, 0.4) is 0 Å². The van der Waals surface area contributed by atoms with Crippen molar-refractivity contribution < 1.29 is 14.5 Å². The summed E-state index contributed by atoms with van der Waals surface area (Å²) in [5.41, 5.74) is 0.829. The van der Waals surface area contributed by atoms with Crippen molar-refractivity contribution in [3.8, 4) is 0 Å². The third kappa shape index (κ3) is 3.89. The van der Waals surface area contributed by atoms with Crippen LogP contribution in [0.1, 0.15) is 33.6 Å². The number of non-ortho nitro benzene ring substituents is 1. The van der Waals surface area contributed by atoms with Gasteiger partial charge in [-0.3, -0.25) is 19.7 Å². The average molecular weight is 446 g/mol. The van der Waals surface area contributed by atoms with Gasteiger partial charge in [-0.05, 0) is 43.2 Å². The minimum Gasteiger partial charge on any atom is -0.338 e. The zero-order valence-electron chi connectivity index (χ0n) is 16.1. The van der Waals surface area contributed by atoms with E-state index < -0.39 is 4.92 Å². The van der Waals surface area contributed by atoms with Gasteiger partial charge in [-0.2, -0.15) is 0 Å². The molecule has 2 aliphatic heterocycles. The first-order chi connectivity index (χ1) is 14.4. The lowest BCUT2D eigenvalue weighted by Gasteiger charge is -2.44. The number of hydrogen-bond donors (Lipinski definition) is 0. The van der Waals surface area contributed by atoms with E-state index >= 15 is 0 Å². The van der Waals surface area contributed by atoms with Crippen LogP contribution in [-0.2, 0) is 0 Å². The maximum absolute atomic E-state index is 13.2. The number of halogens is 1. The monoisotopic (exact) mass is 445 g/mol. The van der Waals surface area contributed by atoms with Crippen molar-refractivity contribution in [3.63, 3.8) is 0 Å². The van der Waals surface area contributed by atoms with E-state index in [0.717, 1.165) is 5.75 Å². The molecular weight excluding hydrogens is 426 g/mol. The Bertz CT molecular complexity index is 990. The third-order valence-electron chi connectivity index (χ3n) is 5.65. The van der Waals surface area contributed by atoms with Gasteiger partial charge in [0.2, 0.25) is 0 Å². The van der Waals surface area contributed by atoms with Crippen molar-refractivity contribution in [1.29, 1.82) is 0 Å². The van der Waals surface area contributed by atoms with Gasteiger partial charge in [0.1, 0.15) is 0 Å². The van der Waals surface area contributed by atoms with Gasteiger partial charge in [0, 0.05) is 53.7 Å². The molecule has 2 amide bonds. The predicted octanol–water partition coefficient (Wildman–Crippen LogP) is 4.07. The molecule has 156 valence electrons. The number of hydrogen-bond acceptors (Lipinski definition) is 5. The molecule has 0 N–H and O–H groups in total. The zero-order valence-corrected chi connectivity index (χ0v) is 17.7. The van der Waals surface area contributed by atoms with E-state index in [1.165, 1.54) is 18.2 Å². The van der Waals surface area contributed by atoms with E-state index in [1.807, 2.05) is 9.80 Å². The second-order valence-electron chi connectivity index (χ2n) is 7.36. The number of nitro groups is 1. The Labute approximate surface area is 183 Å². The lowest BCUT2D eigenvalue weighted by Crippen LogP contribution is -2.53. The lowest BCUT2D eigenvalue weighted by atomic mass is 10.00. The summed E-state index contributed by atoms with van der Waals surface area (Å²) in [5, 5.41) is 11.6. The molecule has 2 heterocycles. The fourth-order valence-electron chi connectivity index (χ4n) is 4.05. The van der Waals surface area contributed by atoms with E-state index in [0.29, 0.717) is 48.6 Å². The summed E-state index contributed by atoms with van der Waals surface area (Å²) < 4.78 is 0. The number of thioether (sulfide) groups is 1. The summed E-state index contributed by atoms with van der Waals surface area (Å²) in [6.45, 7) is 1.69. The molecule has 2 aromatic carbocycles. The van der Waals surface area contributed by atoms with Crippen molar-refractivity contribution in [2.75, 3.05) is 25.4 Å². The first kappa shape index (κ1) is 20.7. The van der Waals surface area contributed by atoms with Gasteiger partial charge in [0.05, 0.1) is 9.79 Å². The van der Waals surface area contributed by atoms with Crippen LogP contribution in [0.2, 0.25) is 5.02 Å². The Kier molecular flexibility index (Phi) is 5.71. The molecule has 7 nitrogen and oxygen atoms in total. The number of benzene rings is 2. The van der Waals surface area contributed by atoms with Crippen LogP contribution in [0.5, 0.6) is 0 Å². The van der Waals surface area contributed by atoms with Crippen LogP contribution in [0, 0.1) is 10.1 Å². The molecule has 0 aromatic heterocycles. The molecule has 0 aliphatic carbocycles. The Balaban J connectivity index is 1.48. The number of carbonyl (C=O) groups is 2. The summed E-state index contributed by atoms with van der Waals surface area (Å²) in [6.07, 6.45) is 1.33. The number of carbonyl (C=O) groups excluding carboxylic acids is 2. The number of rotatable bonds is 3. The molecule has 2 aromatic rings. The minimum atomic E-state index is -0.494. The second kappa shape index (κ2) is 8.28. The average Bonchev–Trinajstić information content (AvgIpc) is 3.16. The van der Waals surface area contributed by atoms with Crippen LogP contribution >= 0.6 is 23.4 Å². The van der Waals surface area contributed by atoms with Gasteiger partial charge < -0.3 is 9.80 Å². The van der Waals surface area contributed by atoms with Crippen LogP contribution in [0.15, 0.2) is 48.5 Å². The molecule has 4 rings (SSSR count). The van der Waals surface area contributed by atoms with E-state index in [1.54, 1.807) is 42.1 Å². The summed E-state index contributed by atoms with van der Waals surface area (Å²) in [7, 11) is 0. The molecule has 1 spiro atoms. The highest BCUT2D eigenvalue weighted by molar-refractivity contribution is 8.00. The van der Waals surface area contributed by atoms with Crippen LogP contribution < -0.4 is 0 Å². The summed E-state index contributed by atoms with van der Waals surface area (Å²) in [4.78, 5) is 39.8. The van der Waals surface area contributed by atoms with Crippen molar-refractivity contribution in [3.05, 3.63) is 74.8 Å². The highest BCUT2D eigenvalue weighted by Gasteiger charge is 2.47. The van der Waals surface area contributed by atoms with Crippen molar-refractivity contribution in [2.24, 2.45) is 0 Å². The second-order valence-corrected chi connectivity index (χ2v) is 9.25. The fourth-order valence-corrected chi connectivity index (χ4v) is 5.63. The lowest BCUT2D eigenvalue weighted by molar-refractivity contribution is -0.384. The Morgan fingerprint density at radius 2 is 1.70 bits per heavy atom. The van der Waals surface area contributed by atoms with Gasteiger partial charge in [-0.25, -0.2) is 0 Å². The number of nitro benzene ring substituents is 1. The van der Waals surface area contributed by atoms with E-state index in [4.69, 9.17) is 11.6 Å².